The molecule has 0 saturated heterocycles. The summed E-state index contributed by atoms with van der Waals surface area (Å²) in [5.41, 5.74) is 2.87. The smallest absolute Gasteiger partial charge is 0.143 e. The first-order chi connectivity index (χ1) is 8.03. The monoisotopic (exact) mass is 231 g/mol. The second kappa shape index (κ2) is 3.66. The highest BCUT2D eigenvalue weighted by atomic mass is 16.5. The van der Waals surface area contributed by atoms with Crippen molar-refractivity contribution in [3.05, 3.63) is 23.8 Å². The third-order valence-electron chi connectivity index (χ3n) is 4.08. The first-order valence-corrected chi connectivity index (χ1v) is 6.57. The lowest BCUT2D eigenvalue weighted by Gasteiger charge is -2.44. The largest absolute Gasteiger partial charge is 0.486 e. The van der Waals surface area contributed by atoms with Crippen molar-refractivity contribution in [2.45, 2.75) is 52.2 Å². The fourth-order valence-corrected chi connectivity index (χ4v) is 3.06. The van der Waals surface area contributed by atoms with Crippen LogP contribution in [0, 0.1) is 12.3 Å². The maximum absolute atomic E-state index is 6.15. The number of anilines is 1. The number of rotatable bonds is 0. The van der Waals surface area contributed by atoms with Gasteiger partial charge in [0.2, 0.25) is 0 Å². The number of fused-ring (bicyclic) bond motifs is 2. The maximum Gasteiger partial charge on any atom is 0.143 e. The van der Waals surface area contributed by atoms with Crippen molar-refractivity contribution in [2.75, 3.05) is 5.32 Å². The van der Waals surface area contributed by atoms with Crippen LogP contribution in [-0.2, 0) is 0 Å². The van der Waals surface area contributed by atoms with Crippen LogP contribution < -0.4 is 10.1 Å². The van der Waals surface area contributed by atoms with Crippen LogP contribution in [0.2, 0.25) is 0 Å². The summed E-state index contributed by atoms with van der Waals surface area (Å²) in [5, 5.41) is 3.66. The minimum Gasteiger partial charge on any atom is -0.486 e. The normalized spacial score (nSPS) is 29.6. The Labute approximate surface area is 103 Å². The molecule has 0 radical (unpaired) electrons. The lowest BCUT2D eigenvalue weighted by atomic mass is 9.73. The molecule has 2 atom stereocenters. The van der Waals surface area contributed by atoms with E-state index in [2.05, 4.69) is 44.3 Å². The number of hydrogen-bond donors (Lipinski definition) is 1. The van der Waals surface area contributed by atoms with E-state index in [1.165, 1.54) is 18.4 Å². The zero-order valence-corrected chi connectivity index (χ0v) is 10.9. The highest BCUT2D eigenvalue weighted by molar-refractivity contribution is 5.60. The highest BCUT2D eigenvalue weighted by Crippen LogP contribution is 2.42. The van der Waals surface area contributed by atoms with Gasteiger partial charge in [-0.25, -0.2) is 0 Å². The predicted octanol–water partition coefficient (Wildman–Crippen LogP) is 3.75. The van der Waals surface area contributed by atoms with E-state index in [4.69, 9.17) is 4.74 Å². The molecule has 0 amide bonds. The SMILES string of the molecule is Cc1ccc2c(c1)OC1CCC(C)(C)CC1N2. The van der Waals surface area contributed by atoms with Gasteiger partial charge in [-0.2, -0.15) is 0 Å². The summed E-state index contributed by atoms with van der Waals surface area (Å²) in [7, 11) is 0. The molecule has 1 N–H and O–H groups in total. The lowest BCUT2D eigenvalue weighted by Crippen LogP contribution is -2.47. The van der Waals surface area contributed by atoms with Gasteiger partial charge in [0.1, 0.15) is 11.9 Å². The van der Waals surface area contributed by atoms with Gasteiger partial charge >= 0.3 is 0 Å². The molecule has 2 aliphatic rings. The molecule has 2 nitrogen and oxygen atoms in total. The van der Waals surface area contributed by atoms with E-state index >= 15 is 0 Å². The number of nitrogens with one attached hydrogen (secondary N) is 1. The molecule has 17 heavy (non-hydrogen) atoms. The summed E-state index contributed by atoms with van der Waals surface area (Å²) in [5.74, 6) is 1.03. The lowest BCUT2D eigenvalue weighted by molar-refractivity contribution is 0.0776. The molecule has 1 aromatic carbocycles. The molecule has 1 aliphatic heterocycles. The van der Waals surface area contributed by atoms with Gasteiger partial charge in [-0.15, -0.1) is 0 Å². The van der Waals surface area contributed by atoms with Crippen LogP contribution in [0.4, 0.5) is 5.69 Å². The zero-order valence-electron chi connectivity index (χ0n) is 10.9. The summed E-state index contributed by atoms with van der Waals surface area (Å²) in [6, 6.07) is 6.90. The van der Waals surface area contributed by atoms with Crippen LogP contribution in [0.25, 0.3) is 0 Å². The molecular formula is C15H21NO. The number of aryl methyl sites for hydroxylation is 1. The molecule has 2 heteroatoms. The Morgan fingerprint density at radius 3 is 3.00 bits per heavy atom. The molecule has 1 fully saturated rings. The molecule has 1 aliphatic carbocycles. The van der Waals surface area contributed by atoms with E-state index in [0.29, 0.717) is 17.6 Å². The van der Waals surface area contributed by atoms with Crippen molar-refractivity contribution in [3.8, 4) is 5.75 Å². The van der Waals surface area contributed by atoms with Gasteiger partial charge < -0.3 is 10.1 Å². The molecule has 0 bridgehead atoms. The van der Waals surface area contributed by atoms with E-state index in [1.54, 1.807) is 0 Å². The summed E-state index contributed by atoms with van der Waals surface area (Å²) in [6.07, 6.45) is 3.98. The van der Waals surface area contributed by atoms with Gasteiger partial charge in [-0.3, -0.25) is 0 Å². The van der Waals surface area contributed by atoms with Crippen LogP contribution in [0.5, 0.6) is 5.75 Å². The van der Waals surface area contributed by atoms with Crippen molar-refractivity contribution < 1.29 is 4.74 Å². The van der Waals surface area contributed by atoms with Crippen molar-refractivity contribution in [3.63, 3.8) is 0 Å². The van der Waals surface area contributed by atoms with E-state index in [0.717, 1.165) is 17.9 Å². The highest BCUT2D eigenvalue weighted by Gasteiger charge is 2.38. The van der Waals surface area contributed by atoms with Crippen molar-refractivity contribution in [1.82, 2.24) is 0 Å². The van der Waals surface area contributed by atoms with Gasteiger partial charge in [-0.1, -0.05) is 19.9 Å². The van der Waals surface area contributed by atoms with Crippen LogP contribution >= 0.6 is 0 Å². The first-order valence-electron chi connectivity index (χ1n) is 6.57. The standard InChI is InChI=1S/C15H21NO/c1-10-4-5-11-14(8-10)17-13-6-7-15(2,3)9-12(13)16-11/h4-5,8,12-13,16H,6-7,9H2,1-3H3. The third-order valence-corrected chi connectivity index (χ3v) is 4.08. The van der Waals surface area contributed by atoms with Gasteiger partial charge in [0.15, 0.2) is 0 Å². The number of hydrogen-bond acceptors (Lipinski definition) is 2. The minimum atomic E-state index is 0.359. The predicted molar refractivity (Wildman–Crippen MR) is 70.6 cm³/mol. The molecule has 1 aromatic rings. The molecule has 2 unspecified atom stereocenters. The Morgan fingerprint density at radius 1 is 1.35 bits per heavy atom. The van der Waals surface area contributed by atoms with Crippen LogP contribution in [0.3, 0.4) is 0 Å². The van der Waals surface area contributed by atoms with Gasteiger partial charge in [0.25, 0.3) is 0 Å². The van der Waals surface area contributed by atoms with Crippen molar-refractivity contribution in [2.24, 2.45) is 5.41 Å². The van der Waals surface area contributed by atoms with Crippen LogP contribution in [-0.4, -0.2) is 12.1 Å². The molecule has 1 heterocycles. The molecule has 0 aromatic heterocycles. The third kappa shape index (κ3) is 2.01. The second-order valence-corrected chi connectivity index (χ2v) is 6.31. The topological polar surface area (TPSA) is 21.3 Å². The Balaban J connectivity index is 1.87. The fraction of sp³-hybridized carbons (Fsp3) is 0.600. The van der Waals surface area contributed by atoms with E-state index in [9.17, 15) is 0 Å². The van der Waals surface area contributed by atoms with Crippen LogP contribution in [0.15, 0.2) is 18.2 Å². The van der Waals surface area contributed by atoms with Gasteiger partial charge in [-0.05, 0) is 49.3 Å². The van der Waals surface area contributed by atoms with E-state index < -0.39 is 0 Å². The minimum absolute atomic E-state index is 0.359. The van der Waals surface area contributed by atoms with Crippen molar-refractivity contribution in [1.29, 1.82) is 0 Å². The number of benzene rings is 1. The summed E-state index contributed by atoms with van der Waals surface area (Å²) in [4.78, 5) is 0. The molecule has 1 saturated carbocycles. The fourth-order valence-electron chi connectivity index (χ4n) is 3.06. The summed E-state index contributed by atoms with van der Waals surface area (Å²) < 4.78 is 6.15. The molecule has 0 spiro atoms. The maximum atomic E-state index is 6.15. The molecule has 3 rings (SSSR count). The first kappa shape index (κ1) is 10.9. The zero-order chi connectivity index (χ0) is 12.0. The molecule has 92 valence electrons. The Kier molecular flexibility index (Phi) is 2.35. The van der Waals surface area contributed by atoms with Gasteiger partial charge in [0.05, 0.1) is 11.7 Å². The van der Waals surface area contributed by atoms with E-state index in [-0.39, 0.29) is 0 Å². The van der Waals surface area contributed by atoms with E-state index in [1.807, 2.05) is 0 Å². The van der Waals surface area contributed by atoms with Gasteiger partial charge in [0, 0.05) is 0 Å². The average molecular weight is 231 g/mol. The number of ether oxygens (including phenoxy) is 1. The van der Waals surface area contributed by atoms with Crippen LogP contribution in [0.1, 0.15) is 38.7 Å². The Morgan fingerprint density at radius 2 is 2.18 bits per heavy atom. The second-order valence-electron chi connectivity index (χ2n) is 6.31. The summed E-state index contributed by atoms with van der Waals surface area (Å²) in [6.45, 7) is 6.82. The quantitative estimate of drug-likeness (QED) is 0.734. The molecular weight excluding hydrogens is 210 g/mol. The Hall–Kier alpha value is -1.18. The van der Waals surface area contributed by atoms with Crippen molar-refractivity contribution >= 4 is 5.69 Å². The average Bonchev–Trinajstić information content (AvgIpc) is 2.26. The summed E-state index contributed by atoms with van der Waals surface area (Å²) >= 11 is 0. The Bertz CT molecular complexity index is 439.